The van der Waals surface area contributed by atoms with Crippen LogP contribution >= 0.6 is 11.6 Å². The van der Waals surface area contributed by atoms with Crippen molar-refractivity contribution in [2.75, 3.05) is 6.61 Å². The predicted molar refractivity (Wildman–Crippen MR) is 75.0 cm³/mol. The Morgan fingerprint density at radius 3 is 2.56 bits per heavy atom. The van der Waals surface area contributed by atoms with Gasteiger partial charge in [0.1, 0.15) is 5.75 Å². The zero-order valence-corrected chi connectivity index (χ0v) is 10.9. The molecule has 0 saturated heterocycles. The van der Waals surface area contributed by atoms with E-state index in [1.54, 1.807) is 0 Å². The summed E-state index contributed by atoms with van der Waals surface area (Å²) in [6.45, 7) is 1.08. The van der Waals surface area contributed by atoms with Gasteiger partial charge >= 0.3 is 0 Å². The zero-order valence-electron chi connectivity index (χ0n) is 10.1. The van der Waals surface area contributed by atoms with Gasteiger partial charge in [-0.15, -0.1) is 0 Å². The van der Waals surface area contributed by atoms with Gasteiger partial charge in [-0.25, -0.2) is 0 Å². The first-order valence-electron chi connectivity index (χ1n) is 5.95. The molecule has 0 amide bonds. The molecule has 0 aliphatic heterocycles. The molecule has 2 aromatic rings. The van der Waals surface area contributed by atoms with Gasteiger partial charge in [0.05, 0.1) is 6.61 Å². The van der Waals surface area contributed by atoms with Gasteiger partial charge in [0, 0.05) is 23.6 Å². The van der Waals surface area contributed by atoms with Crippen molar-refractivity contribution in [3.05, 3.63) is 64.7 Å². The third-order valence-corrected chi connectivity index (χ3v) is 2.98. The molecule has 0 bridgehead atoms. The second-order valence-electron chi connectivity index (χ2n) is 4.04. The Balaban J connectivity index is 1.96. The average Bonchev–Trinajstić information content (AvgIpc) is 2.40. The fraction of sp³-hybridized carbons (Fsp3) is 0.200. The van der Waals surface area contributed by atoms with E-state index < -0.39 is 0 Å². The molecular formula is C15H16ClNO. The molecule has 0 fully saturated rings. The molecule has 18 heavy (non-hydrogen) atoms. The summed E-state index contributed by atoms with van der Waals surface area (Å²) < 4.78 is 5.75. The lowest BCUT2D eigenvalue weighted by molar-refractivity contribution is 0.318. The molecule has 0 spiro atoms. The first kappa shape index (κ1) is 12.9. The fourth-order valence-corrected chi connectivity index (χ4v) is 1.92. The number of benzene rings is 2. The normalized spacial score (nSPS) is 10.3. The molecule has 2 aromatic carbocycles. The highest BCUT2D eigenvalue weighted by Gasteiger charge is 2.03. The Kier molecular flexibility index (Phi) is 4.62. The van der Waals surface area contributed by atoms with Crippen molar-refractivity contribution in [3.63, 3.8) is 0 Å². The standard InChI is InChI=1S/C15H16ClNO/c16-14-7-6-13(11-17)15(10-14)18-9-8-12-4-2-1-3-5-12/h1-7,10H,8-9,11,17H2. The van der Waals surface area contributed by atoms with Crippen molar-refractivity contribution in [2.24, 2.45) is 5.73 Å². The van der Waals surface area contributed by atoms with Crippen LogP contribution < -0.4 is 10.5 Å². The van der Waals surface area contributed by atoms with Crippen molar-refractivity contribution >= 4 is 11.6 Å². The first-order chi connectivity index (χ1) is 8.79. The van der Waals surface area contributed by atoms with Crippen LogP contribution in [0, 0.1) is 0 Å². The third kappa shape index (κ3) is 3.49. The number of hydrogen-bond acceptors (Lipinski definition) is 2. The SMILES string of the molecule is NCc1ccc(Cl)cc1OCCc1ccccc1. The van der Waals surface area contributed by atoms with Gasteiger partial charge in [-0.3, -0.25) is 0 Å². The van der Waals surface area contributed by atoms with Crippen molar-refractivity contribution < 1.29 is 4.74 Å². The average molecular weight is 262 g/mol. The van der Waals surface area contributed by atoms with Crippen molar-refractivity contribution in [1.82, 2.24) is 0 Å². The van der Waals surface area contributed by atoms with Gasteiger partial charge < -0.3 is 10.5 Å². The van der Waals surface area contributed by atoms with Crippen molar-refractivity contribution in [1.29, 1.82) is 0 Å². The van der Waals surface area contributed by atoms with E-state index in [2.05, 4.69) is 12.1 Å². The van der Waals surface area contributed by atoms with Crippen LogP contribution in [0.15, 0.2) is 48.5 Å². The Morgan fingerprint density at radius 2 is 1.83 bits per heavy atom. The Morgan fingerprint density at radius 1 is 1.06 bits per heavy atom. The molecule has 2 rings (SSSR count). The summed E-state index contributed by atoms with van der Waals surface area (Å²) in [5.41, 5.74) is 7.90. The second-order valence-corrected chi connectivity index (χ2v) is 4.48. The molecule has 2 N–H and O–H groups in total. The minimum Gasteiger partial charge on any atom is -0.493 e. The highest BCUT2D eigenvalue weighted by atomic mass is 35.5. The van der Waals surface area contributed by atoms with Crippen LogP contribution in [-0.4, -0.2) is 6.61 Å². The smallest absolute Gasteiger partial charge is 0.125 e. The summed E-state index contributed by atoms with van der Waals surface area (Å²) >= 11 is 5.95. The van der Waals surface area contributed by atoms with Gasteiger partial charge in [0.25, 0.3) is 0 Å². The second kappa shape index (κ2) is 6.43. The lowest BCUT2D eigenvalue weighted by Crippen LogP contribution is -2.05. The summed E-state index contributed by atoms with van der Waals surface area (Å²) in [5.74, 6) is 0.779. The molecule has 0 heterocycles. The number of halogens is 1. The van der Waals surface area contributed by atoms with E-state index in [0.717, 1.165) is 17.7 Å². The van der Waals surface area contributed by atoms with E-state index in [4.69, 9.17) is 22.1 Å². The van der Waals surface area contributed by atoms with Crippen LogP contribution in [0.2, 0.25) is 5.02 Å². The van der Waals surface area contributed by atoms with E-state index in [9.17, 15) is 0 Å². The summed E-state index contributed by atoms with van der Waals surface area (Å²) in [5, 5.41) is 0.668. The molecule has 0 radical (unpaired) electrons. The first-order valence-corrected chi connectivity index (χ1v) is 6.32. The maximum atomic E-state index is 5.95. The number of nitrogens with two attached hydrogens (primary N) is 1. The Hall–Kier alpha value is -1.51. The van der Waals surface area contributed by atoms with Crippen LogP contribution in [0.4, 0.5) is 0 Å². The van der Waals surface area contributed by atoms with E-state index in [0.29, 0.717) is 18.2 Å². The van der Waals surface area contributed by atoms with Crippen molar-refractivity contribution in [3.8, 4) is 5.75 Å². The Labute approximate surface area is 112 Å². The Bertz CT molecular complexity index is 499. The number of hydrogen-bond donors (Lipinski definition) is 1. The van der Waals surface area contributed by atoms with Crippen LogP contribution in [0.1, 0.15) is 11.1 Å². The van der Waals surface area contributed by atoms with Gasteiger partial charge in [-0.2, -0.15) is 0 Å². The molecular weight excluding hydrogens is 246 g/mol. The van der Waals surface area contributed by atoms with E-state index in [1.165, 1.54) is 5.56 Å². The van der Waals surface area contributed by atoms with Gasteiger partial charge in [0.2, 0.25) is 0 Å². The lowest BCUT2D eigenvalue weighted by atomic mass is 10.1. The molecule has 3 heteroatoms. The largest absolute Gasteiger partial charge is 0.493 e. The minimum absolute atomic E-state index is 0.456. The van der Waals surface area contributed by atoms with E-state index in [1.807, 2.05) is 36.4 Å². The summed E-state index contributed by atoms with van der Waals surface area (Å²) in [6.07, 6.45) is 0.872. The molecule has 0 atom stereocenters. The molecule has 0 saturated carbocycles. The number of ether oxygens (including phenoxy) is 1. The molecule has 2 nitrogen and oxygen atoms in total. The summed E-state index contributed by atoms with van der Waals surface area (Å²) in [6, 6.07) is 15.8. The highest BCUT2D eigenvalue weighted by molar-refractivity contribution is 6.30. The monoisotopic (exact) mass is 261 g/mol. The van der Waals surface area contributed by atoms with Crippen LogP contribution in [0.3, 0.4) is 0 Å². The van der Waals surface area contributed by atoms with Gasteiger partial charge in [-0.05, 0) is 17.7 Å². The molecule has 94 valence electrons. The maximum absolute atomic E-state index is 5.95. The van der Waals surface area contributed by atoms with Crippen LogP contribution in [0.25, 0.3) is 0 Å². The fourth-order valence-electron chi connectivity index (χ4n) is 1.75. The zero-order chi connectivity index (χ0) is 12.8. The van der Waals surface area contributed by atoms with E-state index in [-0.39, 0.29) is 0 Å². The van der Waals surface area contributed by atoms with Gasteiger partial charge in [0.15, 0.2) is 0 Å². The minimum atomic E-state index is 0.456. The highest BCUT2D eigenvalue weighted by Crippen LogP contribution is 2.23. The molecule has 0 aliphatic rings. The summed E-state index contributed by atoms with van der Waals surface area (Å²) in [7, 11) is 0. The van der Waals surface area contributed by atoms with Crippen LogP contribution in [-0.2, 0) is 13.0 Å². The molecule has 0 aromatic heterocycles. The predicted octanol–water partition coefficient (Wildman–Crippen LogP) is 3.42. The van der Waals surface area contributed by atoms with Crippen LogP contribution in [0.5, 0.6) is 5.75 Å². The molecule has 0 aliphatic carbocycles. The maximum Gasteiger partial charge on any atom is 0.125 e. The number of rotatable bonds is 5. The lowest BCUT2D eigenvalue weighted by Gasteiger charge is -2.10. The molecule has 0 unspecified atom stereocenters. The van der Waals surface area contributed by atoms with Crippen molar-refractivity contribution in [2.45, 2.75) is 13.0 Å². The third-order valence-electron chi connectivity index (χ3n) is 2.74. The topological polar surface area (TPSA) is 35.2 Å². The quantitative estimate of drug-likeness (QED) is 0.895. The summed E-state index contributed by atoms with van der Waals surface area (Å²) in [4.78, 5) is 0. The van der Waals surface area contributed by atoms with Gasteiger partial charge in [-0.1, -0.05) is 48.0 Å². The van der Waals surface area contributed by atoms with E-state index >= 15 is 0 Å².